The summed E-state index contributed by atoms with van der Waals surface area (Å²) in [5.74, 6) is 0.750. The summed E-state index contributed by atoms with van der Waals surface area (Å²) >= 11 is 0. The third-order valence-electron chi connectivity index (χ3n) is 3.11. The summed E-state index contributed by atoms with van der Waals surface area (Å²) in [6.07, 6.45) is 4.42. The van der Waals surface area contributed by atoms with Crippen LogP contribution in [-0.2, 0) is 9.47 Å². The Bertz CT molecular complexity index is 193. The van der Waals surface area contributed by atoms with Crippen LogP contribution in [0.5, 0.6) is 0 Å². The monoisotopic (exact) mass is 243 g/mol. The van der Waals surface area contributed by atoms with Crippen LogP contribution < -0.4 is 5.32 Å². The summed E-state index contributed by atoms with van der Waals surface area (Å²) in [5.41, 5.74) is 0. The maximum Gasteiger partial charge on any atom is 0.0778 e. The minimum absolute atomic E-state index is 0.294. The van der Waals surface area contributed by atoms with Crippen LogP contribution in [0.1, 0.15) is 47.0 Å². The van der Waals surface area contributed by atoms with Gasteiger partial charge in [0.1, 0.15) is 0 Å². The molecule has 0 aromatic heterocycles. The second-order valence-corrected chi connectivity index (χ2v) is 5.20. The van der Waals surface area contributed by atoms with Gasteiger partial charge in [-0.1, -0.05) is 6.92 Å². The first-order valence-corrected chi connectivity index (χ1v) is 7.15. The molecule has 17 heavy (non-hydrogen) atoms. The molecule has 3 heteroatoms. The third-order valence-corrected chi connectivity index (χ3v) is 3.11. The molecule has 0 aromatic carbocycles. The molecule has 1 saturated carbocycles. The van der Waals surface area contributed by atoms with Crippen molar-refractivity contribution in [3.05, 3.63) is 0 Å². The van der Waals surface area contributed by atoms with Crippen LogP contribution in [0.2, 0.25) is 0 Å². The van der Waals surface area contributed by atoms with Crippen molar-refractivity contribution in [2.75, 3.05) is 19.8 Å². The number of hydrogen-bond acceptors (Lipinski definition) is 3. The molecule has 0 bridgehead atoms. The topological polar surface area (TPSA) is 30.5 Å². The molecule has 1 rings (SSSR count). The normalized spacial score (nSPS) is 19.6. The predicted molar refractivity (Wildman–Crippen MR) is 71.3 cm³/mol. The molecule has 0 aromatic rings. The van der Waals surface area contributed by atoms with Crippen LogP contribution in [-0.4, -0.2) is 38.0 Å². The fourth-order valence-electron chi connectivity index (χ4n) is 2.09. The van der Waals surface area contributed by atoms with Crippen LogP contribution in [0, 0.1) is 5.92 Å². The van der Waals surface area contributed by atoms with Gasteiger partial charge in [-0.25, -0.2) is 0 Å². The van der Waals surface area contributed by atoms with E-state index in [4.69, 9.17) is 9.47 Å². The second kappa shape index (κ2) is 8.06. The molecule has 0 amide bonds. The van der Waals surface area contributed by atoms with Crippen molar-refractivity contribution in [1.29, 1.82) is 0 Å². The van der Waals surface area contributed by atoms with Gasteiger partial charge in [0, 0.05) is 6.61 Å². The van der Waals surface area contributed by atoms with Crippen molar-refractivity contribution < 1.29 is 9.47 Å². The number of hydrogen-bond donors (Lipinski definition) is 1. The number of ether oxygens (including phenoxy) is 2. The molecular formula is C14H29NO2. The first-order chi connectivity index (χ1) is 8.19. The van der Waals surface area contributed by atoms with Gasteiger partial charge in [0.15, 0.2) is 0 Å². The zero-order chi connectivity index (χ0) is 12.7. The highest BCUT2D eigenvalue weighted by Crippen LogP contribution is 2.36. The molecule has 1 fully saturated rings. The lowest BCUT2D eigenvalue weighted by Crippen LogP contribution is -2.46. The molecule has 3 nitrogen and oxygen atoms in total. The molecule has 0 radical (unpaired) electrons. The Morgan fingerprint density at radius 1 is 1.18 bits per heavy atom. The van der Waals surface area contributed by atoms with Crippen LogP contribution >= 0.6 is 0 Å². The third kappa shape index (κ3) is 5.84. The van der Waals surface area contributed by atoms with E-state index in [2.05, 4.69) is 33.0 Å². The summed E-state index contributed by atoms with van der Waals surface area (Å²) in [7, 11) is 0. The largest absolute Gasteiger partial charge is 0.377 e. The molecule has 102 valence electrons. The highest BCUT2D eigenvalue weighted by Gasteiger charge is 2.37. The van der Waals surface area contributed by atoms with Gasteiger partial charge in [0.2, 0.25) is 0 Å². The van der Waals surface area contributed by atoms with Gasteiger partial charge < -0.3 is 14.8 Å². The molecule has 1 N–H and O–H groups in total. The van der Waals surface area contributed by atoms with E-state index in [-0.39, 0.29) is 0 Å². The lowest BCUT2D eigenvalue weighted by molar-refractivity contribution is -0.0233. The smallest absolute Gasteiger partial charge is 0.0778 e. The molecule has 0 heterocycles. The van der Waals surface area contributed by atoms with Crippen LogP contribution in [0.25, 0.3) is 0 Å². The molecule has 1 aliphatic carbocycles. The Morgan fingerprint density at radius 2 is 1.88 bits per heavy atom. The first-order valence-electron chi connectivity index (χ1n) is 7.15. The van der Waals surface area contributed by atoms with Gasteiger partial charge in [0.05, 0.1) is 24.9 Å². The number of nitrogens with one attached hydrogen (secondary N) is 1. The van der Waals surface area contributed by atoms with E-state index in [1.54, 1.807) is 0 Å². The summed E-state index contributed by atoms with van der Waals surface area (Å²) in [5, 5.41) is 3.58. The lowest BCUT2D eigenvalue weighted by atomic mass is 10.1. The van der Waals surface area contributed by atoms with E-state index < -0.39 is 0 Å². The van der Waals surface area contributed by atoms with E-state index >= 15 is 0 Å². The van der Waals surface area contributed by atoms with Gasteiger partial charge in [0.25, 0.3) is 0 Å². The Morgan fingerprint density at radius 3 is 2.35 bits per heavy atom. The fraction of sp³-hybridized carbons (Fsp3) is 1.00. The summed E-state index contributed by atoms with van der Waals surface area (Å²) in [6, 6.07) is 0.352. The van der Waals surface area contributed by atoms with E-state index in [0.717, 1.165) is 32.1 Å². The standard InChI is InChI=1S/C14H29NO2/c1-5-9-15-13(10-17-11(3)4)14(16-6-2)12-7-8-12/h11-15H,5-10H2,1-4H3. The Kier molecular flexibility index (Phi) is 7.09. The molecule has 1 aliphatic rings. The first kappa shape index (κ1) is 14.9. The maximum absolute atomic E-state index is 5.91. The Hall–Kier alpha value is -0.120. The van der Waals surface area contributed by atoms with E-state index in [1.165, 1.54) is 12.8 Å². The molecule has 2 unspecified atom stereocenters. The molecular weight excluding hydrogens is 214 g/mol. The zero-order valence-electron chi connectivity index (χ0n) is 11.9. The molecule has 0 saturated heterocycles. The minimum atomic E-state index is 0.294. The van der Waals surface area contributed by atoms with Crippen molar-refractivity contribution in [2.45, 2.75) is 65.2 Å². The summed E-state index contributed by atoms with van der Waals surface area (Å²) < 4.78 is 11.7. The summed E-state index contributed by atoms with van der Waals surface area (Å²) in [4.78, 5) is 0. The summed E-state index contributed by atoms with van der Waals surface area (Å²) in [6.45, 7) is 11.1. The molecule has 0 aliphatic heterocycles. The maximum atomic E-state index is 5.91. The van der Waals surface area contributed by atoms with Crippen molar-refractivity contribution in [1.82, 2.24) is 5.32 Å². The van der Waals surface area contributed by atoms with Gasteiger partial charge in [-0.05, 0) is 52.5 Å². The van der Waals surface area contributed by atoms with Crippen LogP contribution in [0.4, 0.5) is 0 Å². The van der Waals surface area contributed by atoms with Crippen molar-refractivity contribution in [2.24, 2.45) is 5.92 Å². The predicted octanol–water partition coefficient (Wildman–Crippen LogP) is 2.59. The second-order valence-electron chi connectivity index (χ2n) is 5.20. The van der Waals surface area contributed by atoms with Gasteiger partial charge in [-0.2, -0.15) is 0 Å². The van der Waals surface area contributed by atoms with Crippen molar-refractivity contribution in [3.63, 3.8) is 0 Å². The van der Waals surface area contributed by atoms with Crippen LogP contribution in [0.3, 0.4) is 0 Å². The number of rotatable bonds is 10. The lowest BCUT2D eigenvalue weighted by Gasteiger charge is -2.28. The van der Waals surface area contributed by atoms with E-state index in [9.17, 15) is 0 Å². The average Bonchev–Trinajstić information content (AvgIpc) is 3.10. The average molecular weight is 243 g/mol. The fourth-order valence-corrected chi connectivity index (χ4v) is 2.09. The minimum Gasteiger partial charge on any atom is -0.377 e. The van der Waals surface area contributed by atoms with Gasteiger partial charge >= 0.3 is 0 Å². The van der Waals surface area contributed by atoms with Crippen LogP contribution in [0.15, 0.2) is 0 Å². The van der Waals surface area contributed by atoms with E-state index in [0.29, 0.717) is 18.2 Å². The van der Waals surface area contributed by atoms with Crippen molar-refractivity contribution in [3.8, 4) is 0 Å². The quantitative estimate of drug-likeness (QED) is 0.640. The van der Waals surface area contributed by atoms with Gasteiger partial charge in [-0.15, -0.1) is 0 Å². The van der Waals surface area contributed by atoms with E-state index in [1.807, 2.05) is 0 Å². The highest BCUT2D eigenvalue weighted by atomic mass is 16.5. The Balaban J connectivity index is 2.44. The molecule has 0 spiro atoms. The SMILES string of the molecule is CCCNC(COC(C)C)C(OCC)C1CC1. The highest BCUT2D eigenvalue weighted by molar-refractivity contribution is 4.90. The zero-order valence-corrected chi connectivity index (χ0v) is 11.9. The Labute approximate surface area is 106 Å². The molecule has 2 atom stereocenters. The van der Waals surface area contributed by atoms with Crippen molar-refractivity contribution >= 4 is 0 Å². The van der Waals surface area contributed by atoms with Gasteiger partial charge in [-0.3, -0.25) is 0 Å².